The van der Waals surface area contributed by atoms with Gasteiger partial charge in [-0.05, 0) is 56.4 Å². The number of halogens is 1. The minimum atomic E-state index is -0.295. The van der Waals surface area contributed by atoms with Crippen LogP contribution >= 0.6 is 15.9 Å². The lowest BCUT2D eigenvalue weighted by molar-refractivity contribution is 0.0936. The van der Waals surface area contributed by atoms with Gasteiger partial charge in [0.15, 0.2) is 0 Å². The van der Waals surface area contributed by atoms with Crippen molar-refractivity contribution in [2.24, 2.45) is 0 Å². The highest BCUT2D eigenvalue weighted by Gasteiger charge is 2.25. The molecule has 4 rings (SSSR count). The van der Waals surface area contributed by atoms with Crippen LogP contribution in [0.25, 0.3) is 10.9 Å². The minimum absolute atomic E-state index is 0.0168. The number of aromatic nitrogens is 1. The van der Waals surface area contributed by atoms with Crippen molar-refractivity contribution in [3.8, 4) is 0 Å². The lowest BCUT2D eigenvalue weighted by atomic mass is 10.1. The third-order valence-corrected chi connectivity index (χ3v) is 5.95. The van der Waals surface area contributed by atoms with Crippen molar-refractivity contribution < 1.29 is 4.79 Å². The van der Waals surface area contributed by atoms with Gasteiger partial charge >= 0.3 is 0 Å². The van der Waals surface area contributed by atoms with Crippen LogP contribution in [0.5, 0.6) is 0 Å². The molecule has 2 aromatic carbocycles. The molecule has 0 unspecified atom stereocenters. The standard InChI is InChI=1S/C23H23BrN2O2/c1-14(8-9-16-6-4-3-5-7-16)25-23(28)20-13-26-15(2)10-17-11-18(24)12-19(21(17)26)22(20)27/h3-7,11-15H,8-10H2,1-2H3,(H,25,28)/t14-,15+/m1/s1. The second-order valence-electron chi connectivity index (χ2n) is 7.69. The molecule has 0 saturated heterocycles. The van der Waals surface area contributed by atoms with Crippen LogP contribution in [-0.4, -0.2) is 16.5 Å². The minimum Gasteiger partial charge on any atom is -0.349 e. The van der Waals surface area contributed by atoms with E-state index >= 15 is 0 Å². The van der Waals surface area contributed by atoms with Crippen molar-refractivity contribution in [2.75, 3.05) is 0 Å². The fourth-order valence-electron chi connectivity index (χ4n) is 4.02. The van der Waals surface area contributed by atoms with Gasteiger partial charge in [0.25, 0.3) is 5.91 Å². The molecule has 1 aliphatic heterocycles. The van der Waals surface area contributed by atoms with Crippen molar-refractivity contribution >= 4 is 32.7 Å². The highest BCUT2D eigenvalue weighted by molar-refractivity contribution is 9.10. The molecule has 0 aliphatic carbocycles. The summed E-state index contributed by atoms with van der Waals surface area (Å²) < 4.78 is 2.95. The van der Waals surface area contributed by atoms with Crippen molar-refractivity contribution in [1.29, 1.82) is 0 Å². The van der Waals surface area contributed by atoms with E-state index in [1.807, 2.05) is 31.2 Å². The molecule has 5 heteroatoms. The maximum atomic E-state index is 13.0. The van der Waals surface area contributed by atoms with E-state index in [0.29, 0.717) is 5.39 Å². The van der Waals surface area contributed by atoms with Crippen molar-refractivity contribution in [3.63, 3.8) is 0 Å². The van der Waals surface area contributed by atoms with Crippen LogP contribution in [0, 0.1) is 0 Å². The summed E-state index contributed by atoms with van der Waals surface area (Å²) in [5.41, 5.74) is 3.37. The van der Waals surface area contributed by atoms with Gasteiger partial charge in [-0.1, -0.05) is 46.3 Å². The summed E-state index contributed by atoms with van der Waals surface area (Å²) in [4.78, 5) is 25.9. The number of amides is 1. The zero-order valence-corrected chi connectivity index (χ0v) is 17.6. The molecule has 144 valence electrons. The first kappa shape index (κ1) is 18.9. The first-order valence-electron chi connectivity index (χ1n) is 9.66. The van der Waals surface area contributed by atoms with E-state index in [9.17, 15) is 9.59 Å². The Morgan fingerprint density at radius 3 is 2.79 bits per heavy atom. The number of nitrogens with zero attached hydrogens (tertiary/aromatic N) is 1. The predicted octanol–water partition coefficient (Wildman–Crippen LogP) is 4.63. The molecule has 1 aliphatic rings. The van der Waals surface area contributed by atoms with Crippen LogP contribution in [0.1, 0.15) is 47.8 Å². The van der Waals surface area contributed by atoms with Crippen LogP contribution in [0.2, 0.25) is 0 Å². The van der Waals surface area contributed by atoms with E-state index in [-0.39, 0.29) is 29.0 Å². The molecule has 0 fully saturated rings. The normalized spacial score (nSPS) is 16.3. The molecular formula is C23H23BrN2O2. The molecule has 2 heterocycles. The molecule has 2 atom stereocenters. The van der Waals surface area contributed by atoms with Gasteiger partial charge < -0.3 is 9.88 Å². The van der Waals surface area contributed by atoms with Gasteiger partial charge in [0.1, 0.15) is 5.56 Å². The van der Waals surface area contributed by atoms with Gasteiger partial charge in [0.2, 0.25) is 5.43 Å². The van der Waals surface area contributed by atoms with Crippen LogP contribution < -0.4 is 10.7 Å². The molecule has 0 radical (unpaired) electrons. The third-order valence-electron chi connectivity index (χ3n) is 5.49. The summed E-state index contributed by atoms with van der Waals surface area (Å²) in [7, 11) is 0. The van der Waals surface area contributed by atoms with Gasteiger partial charge in [0.05, 0.1) is 5.52 Å². The fourth-order valence-corrected chi connectivity index (χ4v) is 4.53. The Hall–Kier alpha value is -2.40. The molecule has 28 heavy (non-hydrogen) atoms. The molecule has 1 aromatic heterocycles. The largest absolute Gasteiger partial charge is 0.349 e. The smallest absolute Gasteiger partial charge is 0.256 e. The number of nitrogens with one attached hydrogen (secondary N) is 1. The lowest BCUT2D eigenvalue weighted by Crippen LogP contribution is -2.36. The van der Waals surface area contributed by atoms with Gasteiger partial charge in [-0.15, -0.1) is 0 Å². The Morgan fingerprint density at radius 1 is 1.29 bits per heavy atom. The number of hydrogen-bond acceptors (Lipinski definition) is 2. The second-order valence-corrected chi connectivity index (χ2v) is 8.61. The van der Waals surface area contributed by atoms with Crippen LogP contribution in [0.15, 0.2) is 57.9 Å². The zero-order chi connectivity index (χ0) is 19.8. The van der Waals surface area contributed by atoms with Crippen molar-refractivity contribution in [3.05, 3.63) is 80.0 Å². The van der Waals surface area contributed by atoms with E-state index in [1.54, 1.807) is 6.20 Å². The number of carbonyl (C=O) groups excluding carboxylic acids is 1. The van der Waals surface area contributed by atoms with E-state index in [2.05, 4.69) is 50.9 Å². The first-order valence-corrected chi connectivity index (χ1v) is 10.5. The molecular weight excluding hydrogens is 416 g/mol. The molecule has 1 N–H and O–H groups in total. The molecule has 0 saturated carbocycles. The number of hydrogen-bond donors (Lipinski definition) is 1. The van der Waals surface area contributed by atoms with E-state index < -0.39 is 0 Å². The Bertz CT molecular complexity index is 1110. The van der Waals surface area contributed by atoms with Gasteiger partial charge in [0, 0.05) is 28.1 Å². The average Bonchev–Trinajstić information content (AvgIpc) is 2.98. The lowest BCUT2D eigenvalue weighted by Gasteiger charge is -2.16. The topological polar surface area (TPSA) is 51.1 Å². The highest BCUT2D eigenvalue weighted by Crippen LogP contribution is 2.33. The molecule has 4 nitrogen and oxygen atoms in total. The van der Waals surface area contributed by atoms with Crippen molar-refractivity contribution in [2.45, 2.75) is 45.2 Å². The fraction of sp³-hybridized carbons (Fsp3) is 0.304. The summed E-state index contributed by atoms with van der Waals surface area (Å²) in [5, 5.41) is 3.62. The molecule has 1 amide bonds. The molecule has 0 bridgehead atoms. The van der Waals surface area contributed by atoms with Gasteiger partial charge in [-0.3, -0.25) is 9.59 Å². The van der Waals surface area contributed by atoms with E-state index in [0.717, 1.165) is 34.8 Å². The Kier molecular flexibility index (Phi) is 5.11. The van der Waals surface area contributed by atoms with Crippen LogP contribution in [0.4, 0.5) is 0 Å². The van der Waals surface area contributed by atoms with E-state index in [4.69, 9.17) is 0 Å². The van der Waals surface area contributed by atoms with Gasteiger partial charge in [-0.25, -0.2) is 0 Å². The van der Waals surface area contributed by atoms with Crippen molar-refractivity contribution in [1.82, 2.24) is 9.88 Å². The number of pyridine rings is 1. The highest BCUT2D eigenvalue weighted by atomic mass is 79.9. The summed E-state index contributed by atoms with van der Waals surface area (Å²) >= 11 is 3.50. The summed E-state index contributed by atoms with van der Waals surface area (Å²) in [6, 6.07) is 14.3. The summed E-state index contributed by atoms with van der Waals surface area (Å²) in [6.45, 7) is 4.10. The Balaban J connectivity index is 1.58. The predicted molar refractivity (Wildman–Crippen MR) is 116 cm³/mol. The van der Waals surface area contributed by atoms with Crippen LogP contribution in [0.3, 0.4) is 0 Å². The maximum Gasteiger partial charge on any atom is 0.256 e. The number of benzene rings is 2. The SMILES string of the molecule is C[C@H](CCc1ccccc1)NC(=O)c1cn2c3c(cc(Br)cc3c1=O)C[C@@H]2C. The maximum absolute atomic E-state index is 13.0. The number of carbonyl (C=O) groups is 1. The second kappa shape index (κ2) is 7.55. The Morgan fingerprint density at radius 2 is 2.04 bits per heavy atom. The van der Waals surface area contributed by atoms with Crippen LogP contribution in [-0.2, 0) is 12.8 Å². The average molecular weight is 439 g/mol. The zero-order valence-electron chi connectivity index (χ0n) is 16.0. The molecule has 0 spiro atoms. The summed E-state index contributed by atoms with van der Waals surface area (Å²) in [5.74, 6) is -0.295. The first-order chi connectivity index (χ1) is 13.4. The quantitative estimate of drug-likeness (QED) is 0.630. The monoisotopic (exact) mass is 438 g/mol. The summed E-state index contributed by atoms with van der Waals surface area (Å²) in [6.07, 6.45) is 4.31. The number of aryl methyl sites for hydroxylation is 1. The molecule has 3 aromatic rings. The Labute approximate surface area is 172 Å². The number of rotatable bonds is 5. The third kappa shape index (κ3) is 3.51. The van der Waals surface area contributed by atoms with Gasteiger partial charge in [-0.2, -0.15) is 0 Å². The van der Waals surface area contributed by atoms with E-state index in [1.165, 1.54) is 5.56 Å².